The number of piperazine rings is 1. The highest BCUT2D eigenvalue weighted by Gasteiger charge is 2.22. The van der Waals surface area contributed by atoms with Crippen LogP contribution in [0.2, 0.25) is 0 Å². The Kier molecular flexibility index (Phi) is 3.73. The Bertz CT molecular complexity index is 447. The molecule has 92 valence electrons. The zero-order valence-electron chi connectivity index (χ0n) is 8.97. The van der Waals surface area contributed by atoms with Crippen LogP contribution in [0.4, 0.5) is 8.78 Å². The van der Waals surface area contributed by atoms with Gasteiger partial charge in [-0.3, -0.25) is 4.79 Å². The fourth-order valence-corrected chi connectivity index (χ4v) is 2.07. The first-order chi connectivity index (χ1) is 8.09. The molecule has 0 unspecified atom stereocenters. The van der Waals surface area contributed by atoms with E-state index in [0.717, 1.165) is 6.07 Å². The van der Waals surface area contributed by atoms with Gasteiger partial charge in [-0.15, -0.1) is 0 Å². The van der Waals surface area contributed by atoms with Gasteiger partial charge in [-0.2, -0.15) is 0 Å². The smallest absolute Gasteiger partial charge is 0.256 e. The Morgan fingerprint density at radius 2 is 1.88 bits per heavy atom. The van der Waals surface area contributed by atoms with E-state index in [1.165, 1.54) is 6.07 Å². The van der Waals surface area contributed by atoms with Crippen molar-refractivity contribution in [3.63, 3.8) is 0 Å². The minimum absolute atomic E-state index is 0.0948. The summed E-state index contributed by atoms with van der Waals surface area (Å²) in [6, 6.07) is 1.91. The number of nitrogens with zero attached hydrogens (tertiary/aromatic N) is 1. The van der Waals surface area contributed by atoms with Crippen molar-refractivity contribution in [1.82, 2.24) is 10.2 Å². The maximum absolute atomic E-state index is 13.5. The van der Waals surface area contributed by atoms with Crippen LogP contribution in [-0.2, 0) is 0 Å². The minimum atomic E-state index is -0.825. The van der Waals surface area contributed by atoms with Crippen molar-refractivity contribution in [2.24, 2.45) is 0 Å². The second kappa shape index (κ2) is 5.10. The highest BCUT2D eigenvalue weighted by Crippen LogP contribution is 2.21. The van der Waals surface area contributed by atoms with Gasteiger partial charge in [0.15, 0.2) is 0 Å². The molecule has 6 heteroatoms. The largest absolute Gasteiger partial charge is 0.336 e. The van der Waals surface area contributed by atoms with Gasteiger partial charge >= 0.3 is 0 Å². The van der Waals surface area contributed by atoms with Crippen molar-refractivity contribution in [2.45, 2.75) is 0 Å². The number of carbonyl (C=O) groups excluding carboxylic acids is 1. The lowest BCUT2D eigenvalue weighted by Gasteiger charge is -2.27. The number of rotatable bonds is 1. The standard InChI is InChI=1S/C11H11BrF2N2O/c12-8-5-7(9(13)6-10(8)14)11(17)16-3-1-15-2-4-16/h5-6,15H,1-4H2. The third-order valence-electron chi connectivity index (χ3n) is 2.64. The van der Waals surface area contributed by atoms with Crippen LogP contribution in [0, 0.1) is 11.6 Å². The highest BCUT2D eigenvalue weighted by molar-refractivity contribution is 9.10. The average molecular weight is 305 g/mol. The zero-order chi connectivity index (χ0) is 12.4. The van der Waals surface area contributed by atoms with Gasteiger partial charge in [0.05, 0.1) is 10.0 Å². The monoisotopic (exact) mass is 304 g/mol. The van der Waals surface area contributed by atoms with Crippen molar-refractivity contribution < 1.29 is 13.6 Å². The van der Waals surface area contributed by atoms with E-state index in [1.54, 1.807) is 4.90 Å². The summed E-state index contributed by atoms with van der Waals surface area (Å²) >= 11 is 2.95. The first-order valence-corrected chi connectivity index (χ1v) is 6.03. The summed E-state index contributed by atoms with van der Waals surface area (Å²) in [6.07, 6.45) is 0. The summed E-state index contributed by atoms with van der Waals surface area (Å²) < 4.78 is 26.7. The second-order valence-electron chi connectivity index (χ2n) is 3.79. The van der Waals surface area contributed by atoms with E-state index in [2.05, 4.69) is 21.2 Å². The molecule has 17 heavy (non-hydrogen) atoms. The van der Waals surface area contributed by atoms with Crippen molar-refractivity contribution in [2.75, 3.05) is 26.2 Å². The molecule has 1 aromatic rings. The molecule has 0 aromatic heterocycles. The van der Waals surface area contributed by atoms with E-state index >= 15 is 0 Å². The predicted octanol–water partition coefficient (Wildman–Crippen LogP) is 1.77. The molecule has 0 aliphatic carbocycles. The number of benzene rings is 1. The maximum Gasteiger partial charge on any atom is 0.256 e. The Hall–Kier alpha value is -1.01. The molecule has 2 rings (SSSR count). The lowest BCUT2D eigenvalue weighted by atomic mass is 10.1. The predicted molar refractivity (Wildman–Crippen MR) is 62.8 cm³/mol. The molecular formula is C11H11BrF2N2O. The van der Waals surface area contributed by atoms with Crippen LogP contribution in [0.5, 0.6) is 0 Å². The molecule has 0 radical (unpaired) electrons. The molecule has 0 bridgehead atoms. The van der Waals surface area contributed by atoms with E-state index in [9.17, 15) is 13.6 Å². The molecule has 3 nitrogen and oxygen atoms in total. The van der Waals surface area contributed by atoms with Crippen molar-refractivity contribution in [1.29, 1.82) is 0 Å². The van der Waals surface area contributed by atoms with Crippen LogP contribution in [0.3, 0.4) is 0 Å². The van der Waals surface area contributed by atoms with Gasteiger partial charge in [0, 0.05) is 32.2 Å². The minimum Gasteiger partial charge on any atom is -0.336 e. The lowest BCUT2D eigenvalue weighted by molar-refractivity contribution is 0.0731. The average Bonchev–Trinajstić information content (AvgIpc) is 2.34. The van der Waals surface area contributed by atoms with Gasteiger partial charge in [-0.1, -0.05) is 0 Å². The molecule has 1 amide bonds. The number of hydrogen-bond donors (Lipinski definition) is 1. The Morgan fingerprint density at radius 3 is 2.53 bits per heavy atom. The van der Waals surface area contributed by atoms with Crippen LogP contribution in [0.15, 0.2) is 16.6 Å². The van der Waals surface area contributed by atoms with Gasteiger partial charge in [0.2, 0.25) is 0 Å². The fourth-order valence-electron chi connectivity index (χ4n) is 1.72. The number of amides is 1. The number of carbonyl (C=O) groups is 1. The molecule has 0 spiro atoms. The van der Waals surface area contributed by atoms with Crippen molar-refractivity contribution in [3.8, 4) is 0 Å². The molecule has 1 heterocycles. The highest BCUT2D eigenvalue weighted by atomic mass is 79.9. The van der Waals surface area contributed by atoms with Crippen LogP contribution in [0.1, 0.15) is 10.4 Å². The molecule has 1 aliphatic heterocycles. The van der Waals surface area contributed by atoms with Crippen molar-refractivity contribution in [3.05, 3.63) is 33.8 Å². The SMILES string of the molecule is O=C(c1cc(Br)c(F)cc1F)N1CCNCC1. The Morgan fingerprint density at radius 1 is 1.24 bits per heavy atom. The number of nitrogens with one attached hydrogen (secondary N) is 1. The summed E-state index contributed by atoms with van der Waals surface area (Å²) in [5.74, 6) is -1.93. The van der Waals surface area contributed by atoms with Gasteiger partial charge in [-0.25, -0.2) is 8.78 Å². The maximum atomic E-state index is 13.5. The summed E-state index contributed by atoms with van der Waals surface area (Å²) in [7, 11) is 0. The fraction of sp³-hybridized carbons (Fsp3) is 0.364. The topological polar surface area (TPSA) is 32.3 Å². The molecule has 1 saturated heterocycles. The Balaban J connectivity index is 2.26. The Labute approximate surface area is 106 Å². The van der Waals surface area contributed by atoms with Gasteiger partial charge in [0.1, 0.15) is 11.6 Å². The molecular weight excluding hydrogens is 294 g/mol. The van der Waals surface area contributed by atoms with E-state index < -0.39 is 17.5 Å². The molecule has 1 N–H and O–H groups in total. The molecule has 0 atom stereocenters. The third-order valence-corrected chi connectivity index (χ3v) is 3.25. The summed E-state index contributed by atoms with van der Waals surface area (Å²) in [5.41, 5.74) is -0.0971. The van der Waals surface area contributed by atoms with E-state index in [1.807, 2.05) is 0 Å². The first kappa shape index (κ1) is 12.4. The van der Waals surface area contributed by atoms with Crippen molar-refractivity contribution >= 4 is 21.8 Å². The van der Waals surface area contributed by atoms with Crippen LogP contribution < -0.4 is 5.32 Å². The van der Waals surface area contributed by atoms with E-state index in [4.69, 9.17) is 0 Å². The third kappa shape index (κ3) is 2.63. The number of halogens is 3. The first-order valence-electron chi connectivity index (χ1n) is 5.24. The molecule has 0 saturated carbocycles. The number of hydrogen-bond acceptors (Lipinski definition) is 2. The molecule has 1 aromatic carbocycles. The second-order valence-corrected chi connectivity index (χ2v) is 4.64. The van der Waals surface area contributed by atoms with E-state index in [0.29, 0.717) is 26.2 Å². The van der Waals surface area contributed by atoms with Crippen LogP contribution in [-0.4, -0.2) is 37.0 Å². The molecule has 1 fully saturated rings. The normalized spacial score (nSPS) is 16.1. The summed E-state index contributed by atoms with van der Waals surface area (Å²) in [6.45, 7) is 2.45. The zero-order valence-corrected chi connectivity index (χ0v) is 10.6. The van der Waals surface area contributed by atoms with Crippen LogP contribution >= 0.6 is 15.9 Å². The summed E-state index contributed by atoms with van der Waals surface area (Å²) in [4.78, 5) is 13.6. The van der Waals surface area contributed by atoms with Gasteiger partial charge < -0.3 is 10.2 Å². The summed E-state index contributed by atoms with van der Waals surface area (Å²) in [5, 5.41) is 3.10. The van der Waals surface area contributed by atoms with E-state index in [-0.39, 0.29) is 10.0 Å². The molecule has 1 aliphatic rings. The van der Waals surface area contributed by atoms with Gasteiger partial charge in [-0.05, 0) is 22.0 Å². The van der Waals surface area contributed by atoms with Gasteiger partial charge in [0.25, 0.3) is 5.91 Å². The van der Waals surface area contributed by atoms with Crippen LogP contribution in [0.25, 0.3) is 0 Å². The quantitative estimate of drug-likeness (QED) is 0.802. The lowest BCUT2D eigenvalue weighted by Crippen LogP contribution is -2.46.